The van der Waals surface area contributed by atoms with Crippen molar-refractivity contribution in [2.24, 2.45) is 4.99 Å². The molecule has 1 aromatic rings. The summed E-state index contributed by atoms with van der Waals surface area (Å²) >= 11 is 0. The Morgan fingerprint density at radius 1 is 1.22 bits per heavy atom. The van der Waals surface area contributed by atoms with E-state index in [9.17, 15) is 22.8 Å². The van der Waals surface area contributed by atoms with Crippen molar-refractivity contribution in [3.05, 3.63) is 29.3 Å². The number of carboxylic acid groups (broad SMARTS) is 1. The molecule has 0 aromatic heterocycles. The highest BCUT2D eigenvalue weighted by molar-refractivity contribution is 6.04. The normalized spacial score (nSPS) is 14.3. The zero-order valence-corrected chi connectivity index (χ0v) is 15.6. The van der Waals surface area contributed by atoms with Crippen molar-refractivity contribution in [2.45, 2.75) is 32.5 Å². The van der Waals surface area contributed by atoms with Gasteiger partial charge in [-0.2, -0.15) is 13.2 Å². The van der Waals surface area contributed by atoms with E-state index < -0.39 is 35.0 Å². The number of nitrogens with zero attached hydrogens (tertiary/aromatic N) is 2. The summed E-state index contributed by atoms with van der Waals surface area (Å²) in [6, 6.07) is 2.32. The Morgan fingerprint density at radius 2 is 1.85 bits per heavy atom. The van der Waals surface area contributed by atoms with Crippen molar-refractivity contribution in [3.8, 4) is 0 Å². The summed E-state index contributed by atoms with van der Waals surface area (Å²) in [6.07, 6.45) is -5.42. The Balaban J connectivity index is 0.00000364. The first-order valence-electron chi connectivity index (χ1n) is 7.64. The fourth-order valence-corrected chi connectivity index (χ4v) is 2.16. The zero-order valence-electron chi connectivity index (χ0n) is 14.8. The summed E-state index contributed by atoms with van der Waals surface area (Å²) in [7, 11) is 0. The molecule has 1 aromatic carbocycles. The van der Waals surface area contributed by atoms with Crippen LogP contribution in [0.2, 0.25) is 0 Å². The van der Waals surface area contributed by atoms with Gasteiger partial charge in [0.15, 0.2) is 0 Å². The summed E-state index contributed by atoms with van der Waals surface area (Å²) in [5.74, 6) is -1.51. The number of guanidine groups is 1. The van der Waals surface area contributed by atoms with Crippen molar-refractivity contribution in [3.63, 3.8) is 0 Å². The van der Waals surface area contributed by atoms with Crippen LogP contribution in [0.25, 0.3) is 0 Å². The maximum Gasteiger partial charge on any atom is 0.417 e. The summed E-state index contributed by atoms with van der Waals surface area (Å²) in [5, 5.41) is 11.6. The summed E-state index contributed by atoms with van der Waals surface area (Å²) in [6.45, 7) is 5.47. The number of hydrogen-bond acceptors (Lipinski definition) is 5. The number of hydrogen-bond donors (Lipinski definition) is 2. The zero-order chi connectivity index (χ0) is 19.7. The third-order valence-corrected chi connectivity index (χ3v) is 3.22. The average Bonchev–Trinajstić information content (AvgIpc) is 2.92. The lowest BCUT2D eigenvalue weighted by molar-refractivity contribution is -0.137. The fraction of sp³-hybridized carbons (Fsp3) is 0.438. The molecule has 0 unspecified atom stereocenters. The highest BCUT2D eigenvalue weighted by Crippen LogP contribution is 2.32. The Kier molecular flexibility index (Phi) is 6.71. The van der Waals surface area contributed by atoms with Crippen molar-refractivity contribution < 1.29 is 32.6 Å². The molecule has 0 radical (unpaired) electrons. The van der Waals surface area contributed by atoms with Gasteiger partial charge in [0.05, 0.1) is 24.2 Å². The second-order valence-corrected chi connectivity index (χ2v) is 6.56. The summed E-state index contributed by atoms with van der Waals surface area (Å²) in [5.41, 5.74) is -2.56. The number of ether oxygens (including phenoxy) is 1. The van der Waals surface area contributed by atoms with Gasteiger partial charge < -0.3 is 15.2 Å². The number of carboxylic acids is 1. The molecule has 0 bridgehead atoms. The summed E-state index contributed by atoms with van der Waals surface area (Å²) in [4.78, 5) is 28.4. The smallest absolute Gasteiger partial charge is 0.417 e. The first kappa shape index (κ1) is 22.6. The molecule has 1 amide bonds. The lowest BCUT2D eigenvalue weighted by Gasteiger charge is -2.25. The molecule has 2 N–H and O–H groups in total. The van der Waals surface area contributed by atoms with Gasteiger partial charge in [0, 0.05) is 5.69 Å². The topological polar surface area (TPSA) is 91.2 Å². The van der Waals surface area contributed by atoms with Crippen LogP contribution < -0.4 is 5.32 Å². The first-order chi connectivity index (χ1) is 11.9. The molecule has 1 aliphatic heterocycles. The lowest BCUT2D eigenvalue weighted by Crippen LogP contribution is -2.41. The molecule has 2 rings (SSSR count). The molecule has 0 saturated carbocycles. The van der Waals surface area contributed by atoms with Crippen LogP contribution in [0.15, 0.2) is 23.2 Å². The van der Waals surface area contributed by atoms with Crippen LogP contribution in [0, 0.1) is 0 Å². The van der Waals surface area contributed by atoms with E-state index in [0.717, 1.165) is 17.0 Å². The van der Waals surface area contributed by atoms with Gasteiger partial charge in [-0.3, -0.25) is 4.99 Å². The molecule has 1 aliphatic rings. The minimum Gasteiger partial charge on any atom is -0.478 e. The molecule has 0 fully saturated rings. The van der Waals surface area contributed by atoms with Crippen LogP contribution in [0.1, 0.15) is 36.7 Å². The van der Waals surface area contributed by atoms with E-state index >= 15 is 0 Å². The quantitative estimate of drug-likeness (QED) is 0.774. The number of rotatable bonds is 2. The summed E-state index contributed by atoms with van der Waals surface area (Å²) < 4.78 is 44.2. The molecule has 150 valence electrons. The predicted molar refractivity (Wildman–Crippen MR) is 94.5 cm³/mol. The maximum absolute atomic E-state index is 13.0. The van der Waals surface area contributed by atoms with Gasteiger partial charge >= 0.3 is 18.2 Å². The number of nitrogens with one attached hydrogen (secondary N) is 1. The van der Waals surface area contributed by atoms with Crippen LogP contribution in [-0.2, 0) is 10.9 Å². The minimum absolute atomic E-state index is 0. The number of anilines is 1. The van der Waals surface area contributed by atoms with Gasteiger partial charge in [0.2, 0.25) is 5.96 Å². The molecular weight excluding hydrogens is 391 g/mol. The number of carbonyl (C=O) groups is 2. The monoisotopic (exact) mass is 409 g/mol. The number of alkyl halides is 3. The van der Waals surface area contributed by atoms with Crippen molar-refractivity contribution in [1.29, 1.82) is 0 Å². The molecule has 0 saturated heterocycles. The van der Waals surface area contributed by atoms with Crippen LogP contribution in [-0.4, -0.2) is 46.7 Å². The number of aliphatic imine (C=N–C) groups is 1. The van der Waals surface area contributed by atoms with E-state index in [4.69, 9.17) is 9.84 Å². The SMILES string of the molecule is CC(C)(C)OC(=O)N1CCN=C1Nc1cc(C(=O)O)cc(C(F)(F)F)c1.Cl. The molecule has 27 heavy (non-hydrogen) atoms. The predicted octanol–water partition coefficient (Wildman–Crippen LogP) is 3.84. The molecule has 11 heteroatoms. The number of carbonyl (C=O) groups excluding carboxylic acids is 1. The first-order valence-corrected chi connectivity index (χ1v) is 7.64. The highest BCUT2D eigenvalue weighted by atomic mass is 35.5. The van der Waals surface area contributed by atoms with E-state index in [1.165, 1.54) is 0 Å². The van der Waals surface area contributed by atoms with E-state index in [0.29, 0.717) is 6.07 Å². The Labute approximate surface area is 159 Å². The molecule has 0 atom stereocenters. The van der Waals surface area contributed by atoms with Crippen LogP contribution >= 0.6 is 12.4 Å². The van der Waals surface area contributed by atoms with Gasteiger partial charge in [0.25, 0.3) is 0 Å². The number of amides is 1. The number of benzene rings is 1. The largest absolute Gasteiger partial charge is 0.478 e. The van der Waals surface area contributed by atoms with Gasteiger partial charge in [-0.25, -0.2) is 14.5 Å². The Hall–Kier alpha value is -2.49. The third-order valence-electron chi connectivity index (χ3n) is 3.22. The highest BCUT2D eigenvalue weighted by Gasteiger charge is 2.33. The van der Waals surface area contributed by atoms with E-state index in [1.807, 2.05) is 0 Å². The van der Waals surface area contributed by atoms with Crippen molar-refractivity contribution in [1.82, 2.24) is 4.90 Å². The van der Waals surface area contributed by atoms with E-state index in [-0.39, 0.29) is 37.1 Å². The second-order valence-electron chi connectivity index (χ2n) is 6.56. The van der Waals surface area contributed by atoms with E-state index in [1.54, 1.807) is 20.8 Å². The van der Waals surface area contributed by atoms with Gasteiger partial charge in [-0.1, -0.05) is 0 Å². The van der Waals surface area contributed by atoms with Gasteiger partial charge in [0.1, 0.15) is 5.60 Å². The van der Waals surface area contributed by atoms with Gasteiger partial charge in [-0.05, 0) is 39.0 Å². The average molecular weight is 410 g/mol. The van der Waals surface area contributed by atoms with Crippen molar-refractivity contribution >= 4 is 36.1 Å². The maximum atomic E-state index is 13.0. The van der Waals surface area contributed by atoms with E-state index in [2.05, 4.69) is 10.3 Å². The van der Waals surface area contributed by atoms with Crippen molar-refractivity contribution in [2.75, 3.05) is 18.4 Å². The van der Waals surface area contributed by atoms with Crippen LogP contribution in [0.3, 0.4) is 0 Å². The van der Waals surface area contributed by atoms with Crippen LogP contribution in [0.5, 0.6) is 0 Å². The molecular formula is C16H19ClF3N3O4. The fourth-order valence-electron chi connectivity index (χ4n) is 2.16. The number of halogens is 4. The molecule has 1 heterocycles. The standard InChI is InChI=1S/C16H18F3N3O4.ClH/c1-15(2,3)26-14(25)22-5-4-20-13(22)21-11-7-9(12(23)24)6-10(8-11)16(17,18)19;/h6-8H,4-5H2,1-3H3,(H,20,21)(H,23,24);1H. The number of aromatic carboxylic acids is 1. The van der Waals surface area contributed by atoms with Crippen LogP contribution in [0.4, 0.5) is 23.7 Å². The molecule has 0 aliphatic carbocycles. The Bertz CT molecular complexity index is 760. The molecule has 0 spiro atoms. The van der Waals surface area contributed by atoms with Gasteiger partial charge in [-0.15, -0.1) is 12.4 Å². The minimum atomic E-state index is -4.72. The molecule has 7 nitrogen and oxygen atoms in total. The Morgan fingerprint density at radius 3 is 2.37 bits per heavy atom. The second kappa shape index (κ2) is 8.03. The lowest BCUT2D eigenvalue weighted by atomic mass is 10.1. The third kappa shape index (κ3) is 6.02.